The van der Waals surface area contributed by atoms with E-state index in [0.29, 0.717) is 19.3 Å². The van der Waals surface area contributed by atoms with Gasteiger partial charge < -0.3 is 65.1 Å². The number of aliphatic hydroxyl groups excluding tert-OH is 8. The van der Waals surface area contributed by atoms with E-state index < -0.39 is 86.8 Å². The maximum absolute atomic E-state index is 13.0. The Hall–Kier alpha value is -2.83. The zero-order valence-corrected chi connectivity index (χ0v) is 37.1. The lowest BCUT2D eigenvalue weighted by Gasteiger charge is -2.46. The van der Waals surface area contributed by atoms with Crippen molar-refractivity contribution in [3.63, 3.8) is 0 Å². The van der Waals surface area contributed by atoms with Crippen molar-refractivity contribution in [2.45, 2.75) is 190 Å². The van der Waals surface area contributed by atoms with Crippen LogP contribution < -0.4 is 5.32 Å². The fraction of sp³-hybridized carbons (Fsp3) is 0.688. The fourth-order valence-electron chi connectivity index (χ4n) is 6.87. The van der Waals surface area contributed by atoms with E-state index in [0.717, 1.165) is 77.0 Å². The molecule has 1 amide bonds. The zero-order chi connectivity index (χ0) is 45.4. The van der Waals surface area contributed by atoms with Gasteiger partial charge in [0.15, 0.2) is 12.6 Å². The number of unbranched alkanes of at least 4 members (excludes halogenated alkanes) is 5. The zero-order valence-electron chi connectivity index (χ0n) is 37.1. The van der Waals surface area contributed by atoms with Gasteiger partial charge in [-0.3, -0.25) is 4.79 Å². The van der Waals surface area contributed by atoms with Gasteiger partial charge in [0.05, 0.1) is 32.0 Å². The molecule has 62 heavy (non-hydrogen) atoms. The molecule has 0 saturated carbocycles. The Labute approximate surface area is 370 Å². The largest absolute Gasteiger partial charge is 0.394 e. The summed E-state index contributed by atoms with van der Waals surface area (Å²) < 4.78 is 22.5. The maximum Gasteiger partial charge on any atom is 0.220 e. The molecule has 0 spiro atoms. The normalized spacial score (nSPS) is 28.5. The highest BCUT2D eigenvalue weighted by molar-refractivity contribution is 5.76. The first kappa shape index (κ1) is 55.3. The summed E-state index contributed by atoms with van der Waals surface area (Å²) in [7, 11) is 0. The Kier molecular flexibility index (Phi) is 30.8. The molecule has 14 nitrogen and oxygen atoms in total. The average molecular weight is 878 g/mol. The van der Waals surface area contributed by atoms with Gasteiger partial charge >= 0.3 is 0 Å². The van der Waals surface area contributed by atoms with Crippen molar-refractivity contribution < 1.29 is 64.6 Å². The summed E-state index contributed by atoms with van der Waals surface area (Å²) in [6.07, 6.45) is 26.6. The van der Waals surface area contributed by atoms with Gasteiger partial charge in [0.1, 0.15) is 48.8 Å². The molecular formula is C48H79NO13. The van der Waals surface area contributed by atoms with Crippen LogP contribution in [0.25, 0.3) is 0 Å². The highest BCUT2D eigenvalue weighted by atomic mass is 16.7. The van der Waals surface area contributed by atoms with Crippen LogP contribution in [0.3, 0.4) is 0 Å². The lowest BCUT2D eigenvalue weighted by Crippen LogP contribution is -2.65. The number of amides is 1. The van der Waals surface area contributed by atoms with Crippen molar-refractivity contribution in [1.82, 2.24) is 5.32 Å². The molecule has 0 bridgehead atoms. The molecule has 2 saturated heterocycles. The summed E-state index contributed by atoms with van der Waals surface area (Å²) >= 11 is 0. The second kappa shape index (κ2) is 34.6. The van der Waals surface area contributed by atoms with E-state index in [4.69, 9.17) is 18.9 Å². The van der Waals surface area contributed by atoms with E-state index in [-0.39, 0.29) is 18.9 Å². The molecule has 2 rings (SSSR count). The van der Waals surface area contributed by atoms with E-state index in [2.05, 4.69) is 98.2 Å². The molecule has 9 N–H and O–H groups in total. The molecule has 354 valence electrons. The van der Waals surface area contributed by atoms with Crippen LogP contribution in [0.5, 0.6) is 0 Å². The molecular weight excluding hydrogens is 799 g/mol. The minimum atomic E-state index is -1.79. The van der Waals surface area contributed by atoms with Crippen LogP contribution in [0.1, 0.15) is 117 Å². The standard InChI is InChI=1S/C48H79NO13/c1-3-5-7-9-10-11-12-13-14-15-16-17-18-19-20-21-22-23-24-25-26-28-30-32-40(53)49-36(37(52)31-29-27-8-6-4-2)35-59-47-45(58)43(56)46(39(34-51)61-47)62-48-44(57)42(55)41(54)38(33-50)60-48/h5,7,10-11,13-14,16-17,19-20,22-23,25-26,36-39,41-48,50-52,54-58H,3-4,6,8-9,12,15,18,21,24,27-35H2,1-2H3,(H,49,53)/b7-5-,11-10-,14-13-,17-16-,20-19-,23-22-,26-25-. The van der Waals surface area contributed by atoms with Crippen LogP contribution in [-0.4, -0.2) is 140 Å². The van der Waals surface area contributed by atoms with Crippen LogP contribution in [0.15, 0.2) is 85.1 Å². The van der Waals surface area contributed by atoms with E-state index in [1.165, 1.54) is 0 Å². The number of ether oxygens (including phenoxy) is 4. The fourth-order valence-corrected chi connectivity index (χ4v) is 6.87. The molecule has 12 unspecified atom stereocenters. The topological polar surface area (TPSA) is 228 Å². The molecule has 2 heterocycles. The van der Waals surface area contributed by atoms with Crippen LogP contribution in [-0.2, 0) is 23.7 Å². The molecule has 0 aliphatic carbocycles. The third-order valence-corrected chi connectivity index (χ3v) is 10.6. The molecule has 14 heteroatoms. The summed E-state index contributed by atoms with van der Waals surface area (Å²) in [5.41, 5.74) is 0. The first-order valence-corrected chi connectivity index (χ1v) is 22.8. The maximum atomic E-state index is 13.0. The van der Waals surface area contributed by atoms with E-state index in [1.807, 2.05) is 6.08 Å². The first-order valence-electron chi connectivity index (χ1n) is 22.8. The third-order valence-electron chi connectivity index (χ3n) is 10.6. The molecule has 0 aromatic heterocycles. The van der Waals surface area contributed by atoms with Crippen LogP contribution in [0, 0.1) is 0 Å². The lowest BCUT2D eigenvalue weighted by molar-refractivity contribution is -0.359. The number of allylic oxidation sites excluding steroid dienone is 14. The van der Waals surface area contributed by atoms with E-state index in [9.17, 15) is 45.6 Å². The predicted molar refractivity (Wildman–Crippen MR) is 239 cm³/mol. The summed E-state index contributed by atoms with van der Waals surface area (Å²) in [6.45, 7) is 2.55. The Bertz CT molecular complexity index is 1360. The number of rotatable bonds is 32. The van der Waals surface area contributed by atoms with Gasteiger partial charge in [0.25, 0.3) is 0 Å². The van der Waals surface area contributed by atoms with Gasteiger partial charge in [-0.2, -0.15) is 0 Å². The number of carbonyl (C=O) groups is 1. The van der Waals surface area contributed by atoms with Gasteiger partial charge in [0, 0.05) is 6.42 Å². The number of hydrogen-bond donors (Lipinski definition) is 9. The highest BCUT2D eigenvalue weighted by Gasteiger charge is 2.51. The van der Waals surface area contributed by atoms with E-state index in [1.54, 1.807) is 0 Å². The molecule has 0 aromatic rings. The van der Waals surface area contributed by atoms with Gasteiger partial charge in [0.2, 0.25) is 5.91 Å². The van der Waals surface area contributed by atoms with Crippen LogP contribution in [0.2, 0.25) is 0 Å². The van der Waals surface area contributed by atoms with Gasteiger partial charge in [-0.25, -0.2) is 0 Å². The Morgan fingerprint density at radius 3 is 1.63 bits per heavy atom. The Morgan fingerprint density at radius 1 is 0.597 bits per heavy atom. The number of carbonyl (C=O) groups excluding carboxylic acids is 1. The first-order chi connectivity index (χ1) is 30.1. The van der Waals surface area contributed by atoms with Crippen molar-refractivity contribution in [1.29, 1.82) is 0 Å². The Morgan fingerprint density at radius 2 is 1.10 bits per heavy atom. The monoisotopic (exact) mass is 878 g/mol. The average Bonchev–Trinajstić information content (AvgIpc) is 3.27. The number of nitrogens with one attached hydrogen (secondary N) is 1. The van der Waals surface area contributed by atoms with E-state index >= 15 is 0 Å². The smallest absolute Gasteiger partial charge is 0.220 e. The van der Waals surface area contributed by atoms with Crippen molar-refractivity contribution in [3.05, 3.63) is 85.1 Å². The van der Waals surface area contributed by atoms with Gasteiger partial charge in [-0.05, 0) is 64.2 Å². The molecule has 2 aliphatic rings. The number of hydrogen-bond acceptors (Lipinski definition) is 13. The van der Waals surface area contributed by atoms with Crippen molar-refractivity contribution in [3.8, 4) is 0 Å². The van der Waals surface area contributed by atoms with Crippen LogP contribution in [0.4, 0.5) is 0 Å². The molecule has 12 atom stereocenters. The second-order valence-electron chi connectivity index (χ2n) is 15.8. The van der Waals surface area contributed by atoms with Crippen molar-refractivity contribution in [2.75, 3.05) is 19.8 Å². The summed E-state index contributed by atoms with van der Waals surface area (Å²) in [5.74, 6) is -0.277. The summed E-state index contributed by atoms with van der Waals surface area (Å²) in [6, 6.07) is -0.860. The minimum absolute atomic E-state index is 0.217. The van der Waals surface area contributed by atoms with Crippen LogP contribution >= 0.6 is 0 Å². The quantitative estimate of drug-likeness (QED) is 0.0332. The summed E-state index contributed by atoms with van der Waals surface area (Å²) in [5, 5.41) is 86.1. The molecule has 2 aliphatic heterocycles. The van der Waals surface area contributed by atoms with Gasteiger partial charge in [-0.15, -0.1) is 0 Å². The SMILES string of the molecule is CC/C=C\C/C=C\C/C=C\C/C=C\C/C=C\C/C=C\C/C=C\CCCC(=O)NC(COC1OC(CO)C(OC2OC(CO)C(O)C(O)C2O)C(O)C1O)C(O)CCCCCCC. The minimum Gasteiger partial charge on any atom is -0.394 e. The van der Waals surface area contributed by atoms with Crippen molar-refractivity contribution >= 4 is 5.91 Å². The number of aliphatic hydroxyl groups is 8. The highest BCUT2D eigenvalue weighted by Crippen LogP contribution is 2.30. The summed E-state index contributed by atoms with van der Waals surface area (Å²) in [4.78, 5) is 13.0. The molecule has 2 fully saturated rings. The van der Waals surface area contributed by atoms with Gasteiger partial charge in [-0.1, -0.05) is 131 Å². The second-order valence-corrected chi connectivity index (χ2v) is 15.8. The lowest BCUT2D eigenvalue weighted by atomic mass is 9.97. The molecule has 0 radical (unpaired) electrons. The molecule has 0 aromatic carbocycles. The predicted octanol–water partition coefficient (Wildman–Crippen LogP) is 4.65. The Balaban J connectivity index is 1.78. The van der Waals surface area contributed by atoms with Crippen molar-refractivity contribution in [2.24, 2.45) is 0 Å². The third kappa shape index (κ3) is 22.2.